The number of aromatic amines is 1. The van der Waals surface area contributed by atoms with Crippen molar-refractivity contribution in [1.82, 2.24) is 30.5 Å². The Kier molecular flexibility index (Phi) is 4.60. The first-order valence-electron chi connectivity index (χ1n) is 7.66. The van der Waals surface area contributed by atoms with Crippen molar-refractivity contribution in [3.63, 3.8) is 0 Å². The smallest absolute Gasteiger partial charge is 0.254 e. The Hall–Kier alpha value is -3.09. The maximum absolute atomic E-state index is 12.3. The molecule has 0 aliphatic heterocycles. The van der Waals surface area contributed by atoms with Gasteiger partial charge < -0.3 is 5.32 Å². The number of aromatic nitrogens is 5. The van der Waals surface area contributed by atoms with Gasteiger partial charge in [0.05, 0.1) is 11.3 Å². The first kappa shape index (κ1) is 15.8. The van der Waals surface area contributed by atoms with Gasteiger partial charge in [-0.25, -0.2) is 9.97 Å². The van der Waals surface area contributed by atoms with E-state index in [1.165, 1.54) is 12.4 Å². The van der Waals surface area contributed by atoms with Crippen LogP contribution in [-0.4, -0.2) is 37.1 Å². The molecule has 0 aliphatic carbocycles. The lowest BCUT2D eigenvalue weighted by Crippen LogP contribution is -2.34. The minimum atomic E-state index is -0.201. The minimum absolute atomic E-state index is 0.0433. The van der Waals surface area contributed by atoms with Crippen molar-refractivity contribution in [2.75, 3.05) is 0 Å². The van der Waals surface area contributed by atoms with Gasteiger partial charge in [-0.05, 0) is 32.0 Å². The number of aryl methyl sites for hydroxylation is 1. The lowest BCUT2D eigenvalue weighted by Gasteiger charge is -2.12. The number of nitrogens with zero attached hydrogens (tertiary/aromatic N) is 4. The molecule has 0 saturated carbocycles. The van der Waals surface area contributed by atoms with Gasteiger partial charge in [-0.1, -0.05) is 0 Å². The van der Waals surface area contributed by atoms with Gasteiger partial charge in [-0.3, -0.25) is 14.9 Å². The monoisotopic (exact) mass is 322 g/mol. The van der Waals surface area contributed by atoms with E-state index in [4.69, 9.17) is 0 Å². The molecule has 0 bridgehead atoms. The molecule has 3 heterocycles. The first-order chi connectivity index (χ1) is 11.6. The highest BCUT2D eigenvalue weighted by Crippen LogP contribution is 2.12. The molecule has 0 radical (unpaired) electrons. The van der Waals surface area contributed by atoms with Gasteiger partial charge in [0.15, 0.2) is 5.82 Å². The first-order valence-corrected chi connectivity index (χ1v) is 7.66. The average Bonchev–Trinajstić information content (AvgIpc) is 3.00. The topological polar surface area (TPSA) is 96.5 Å². The highest BCUT2D eigenvalue weighted by atomic mass is 16.1. The van der Waals surface area contributed by atoms with E-state index >= 15 is 0 Å². The van der Waals surface area contributed by atoms with E-state index < -0.39 is 0 Å². The summed E-state index contributed by atoms with van der Waals surface area (Å²) in [5.74, 6) is 0.340. The maximum Gasteiger partial charge on any atom is 0.254 e. The molecule has 0 aromatic carbocycles. The predicted octanol–water partition coefficient (Wildman–Crippen LogP) is 1.93. The molecule has 2 N–H and O–H groups in total. The van der Waals surface area contributed by atoms with Gasteiger partial charge in [0, 0.05) is 48.5 Å². The number of hydrogen-bond donors (Lipinski definition) is 2. The van der Waals surface area contributed by atoms with Crippen molar-refractivity contribution in [2.45, 2.75) is 26.3 Å². The number of rotatable bonds is 5. The molecule has 7 nitrogen and oxygen atoms in total. The van der Waals surface area contributed by atoms with Crippen molar-refractivity contribution in [3.05, 3.63) is 59.9 Å². The molecule has 1 atom stereocenters. The number of pyridine rings is 1. The molecule has 24 heavy (non-hydrogen) atoms. The second-order valence-corrected chi connectivity index (χ2v) is 5.66. The number of hydrogen-bond acceptors (Lipinski definition) is 5. The van der Waals surface area contributed by atoms with Crippen LogP contribution in [0.2, 0.25) is 0 Å². The van der Waals surface area contributed by atoms with Crippen LogP contribution in [0.15, 0.2) is 43.0 Å². The van der Waals surface area contributed by atoms with Crippen molar-refractivity contribution in [3.8, 4) is 11.4 Å². The summed E-state index contributed by atoms with van der Waals surface area (Å²) in [6, 6.07) is 5.61. The van der Waals surface area contributed by atoms with E-state index in [1.807, 2.05) is 32.0 Å². The molecular formula is C17H18N6O. The molecule has 122 valence electrons. The number of carbonyl (C=O) groups is 1. The van der Waals surface area contributed by atoms with Gasteiger partial charge in [0.25, 0.3) is 5.91 Å². The third-order valence-electron chi connectivity index (χ3n) is 3.49. The van der Waals surface area contributed by atoms with Crippen LogP contribution in [0.25, 0.3) is 11.4 Å². The largest absolute Gasteiger partial charge is 0.349 e. The lowest BCUT2D eigenvalue weighted by molar-refractivity contribution is 0.0939. The highest BCUT2D eigenvalue weighted by Gasteiger charge is 2.13. The molecule has 3 aromatic rings. The molecular weight excluding hydrogens is 304 g/mol. The summed E-state index contributed by atoms with van der Waals surface area (Å²) in [6.45, 7) is 3.88. The molecule has 1 unspecified atom stereocenters. The lowest BCUT2D eigenvalue weighted by atomic mass is 10.1. The number of carbonyl (C=O) groups excluding carboxylic acids is 1. The summed E-state index contributed by atoms with van der Waals surface area (Å²) in [5.41, 5.74) is 3.16. The van der Waals surface area contributed by atoms with E-state index in [0.29, 0.717) is 17.8 Å². The Morgan fingerprint density at radius 3 is 2.71 bits per heavy atom. The third kappa shape index (κ3) is 3.81. The molecule has 1 amide bonds. The van der Waals surface area contributed by atoms with E-state index in [-0.39, 0.29) is 11.9 Å². The van der Waals surface area contributed by atoms with Gasteiger partial charge in [0.2, 0.25) is 0 Å². The van der Waals surface area contributed by atoms with E-state index in [1.54, 1.807) is 12.4 Å². The molecule has 0 spiro atoms. The highest BCUT2D eigenvalue weighted by molar-refractivity contribution is 5.93. The van der Waals surface area contributed by atoms with E-state index in [0.717, 1.165) is 17.0 Å². The fraction of sp³-hybridized carbons (Fsp3) is 0.235. The zero-order valence-electron chi connectivity index (χ0n) is 13.5. The summed E-state index contributed by atoms with van der Waals surface area (Å²) >= 11 is 0. The standard InChI is InChI=1S/C17H18N6O/c1-11(6-15-7-12(2)22-23-15)21-17(24)14-9-19-16(20-10-14)13-4-3-5-18-8-13/h3-5,7-11H,6H2,1-2H3,(H,21,24)(H,22,23). The molecule has 0 aliphatic rings. The summed E-state index contributed by atoms with van der Waals surface area (Å²) < 4.78 is 0. The zero-order valence-corrected chi connectivity index (χ0v) is 13.5. The normalized spacial score (nSPS) is 11.9. The van der Waals surface area contributed by atoms with Crippen molar-refractivity contribution in [1.29, 1.82) is 0 Å². The van der Waals surface area contributed by atoms with Gasteiger partial charge in [-0.15, -0.1) is 0 Å². The van der Waals surface area contributed by atoms with Gasteiger partial charge >= 0.3 is 0 Å². The van der Waals surface area contributed by atoms with Crippen LogP contribution in [0.1, 0.15) is 28.7 Å². The fourth-order valence-corrected chi connectivity index (χ4v) is 2.34. The summed E-state index contributed by atoms with van der Waals surface area (Å²) in [4.78, 5) is 24.8. The number of nitrogens with one attached hydrogen (secondary N) is 2. The van der Waals surface area contributed by atoms with Crippen LogP contribution in [0, 0.1) is 6.92 Å². The zero-order chi connectivity index (χ0) is 16.9. The summed E-state index contributed by atoms with van der Waals surface area (Å²) in [5, 5.41) is 9.99. The quantitative estimate of drug-likeness (QED) is 0.748. The Balaban J connectivity index is 1.62. The van der Waals surface area contributed by atoms with Crippen LogP contribution in [0.3, 0.4) is 0 Å². The van der Waals surface area contributed by atoms with Crippen LogP contribution in [-0.2, 0) is 6.42 Å². The SMILES string of the molecule is Cc1cc(CC(C)NC(=O)c2cnc(-c3cccnc3)nc2)n[nH]1. The van der Waals surface area contributed by atoms with Gasteiger partial charge in [-0.2, -0.15) is 5.10 Å². The van der Waals surface area contributed by atoms with E-state index in [9.17, 15) is 4.79 Å². The Labute approximate surface area is 139 Å². The second kappa shape index (κ2) is 6.99. The van der Waals surface area contributed by atoms with Crippen molar-refractivity contribution < 1.29 is 4.79 Å². The molecule has 3 aromatic heterocycles. The molecule has 7 heteroatoms. The molecule has 3 rings (SSSR count). The predicted molar refractivity (Wildman–Crippen MR) is 89.2 cm³/mol. The second-order valence-electron chi connectivity index (χ2n) is 5.66. The maximum atomic E-state index is 12.3. The van der Waals surface area contributed by atoms with Crippen molar-refractivity contribution in [2.24, 2.45) is 0 Å². The van der Waals surface area contributed by atoms with Crippen LogP contribution < -0.4 is 5.32 Å². The summed E-state index contributed by atoms with van der Waals surface area (Å²) in [6.07, 6.45) is 7.08. The van der Waals surface area contributed by atoms with E-state index in [2.05, 4.69) is 30.5 Å². The minimum Gasteiger partial charge on any atom is -0.349 e. The number of amides is 1. The molecule has 0 fully saturated rings. The van der Waals surface area contributed by atoms with Crippen molar-refractivity contribution >= 4 is 5.91 Å². The Morgan fingerprint density at radius 1 is 1.29 bits per heavy atom. The average molecular weight is 322 g/mol. The molecule has 0 saturated heterocycles. The summed E-state index contributed by atoms with van der Waals surface area (Å²) in [7, 11) is 0. The fourth-order valence-electron chi connectivity index (χ4n) is 2.34. The van der Waals surface area contributed by atoms with Crippen LogP contribution in [0.5, 0.6) is 0 Å². The third-order valence-corrected chi connectivity index (χ3v) is 3.49. The Bertz CT molecular complexity index is 813. The Morgan fingerprint density at radius 2 is 2.08 bits per heavy atom. The van der Waals surface area contributed by atoms with Gasteiger partial charge in [0.1, 0.15) is 0 Å². The number of H-pyrrole nitrogens is 1. The van der Waals surface area contributed by atoms with Crippen LogP contribution >= 0.6 is 0 Å². The van der Waals surface area contributed by atoms with Crippen LogP contribution in [0.4, 0.5) is 0 Å².